The van der Waals surface area contributed by atoms with Gasteiger partial charge in [0.15, 0.2) is 6.10 Å². The molecule has 0 fully saturated rings. The summed E-state index contributed by atoms with van der Waals surface area (Å²) in [5.41, 5.74) is 0.440. The second kappa shape index (κ2) is 7.03. The second-order valence-corrected chi connectivity index (χ2v) is 5.53. The van der Waals surface area contributed by atoms with Gasteiger partial charge in [-0.15, -0.1) is 0 Å². The minimum absolute atomic E-state index is 0.294. The van der Waals surface area contributed by atoms with Crippen LogP contribution in [0.3, 0.4) is 0 Å². The van der Waals surface area contributed by atoms with Gasteiger partial charge in [0, 0.05) is 5.02 Å². The van der Waals surface area contributed by atoms with E-state index in [1.807, 2.05) is 0 Å². The van der Waals surface area contributed by atoms with E-state index in [-0.39, 0.29) is 5.91 Å². The van der Waals surface area contributed by atoms with E-state index in [1.165, 1.54) is 0 Å². The van der Waals surface area contributed by atoms with Crippen molar-refractivity contribution in [3.05, 3.63) is 57.5 Å². The van der Waals surface area contributed by atoms with E-state index in [0.717, 1.165) is 0 Å². The molecule has 1 N–H and O–H groups in total. The van der Waals surface area contributed by atoms with Crippen LogP contribution in [0.1, 0.15) is 6.92 Å². The van der Waals surface area contributed by atoms with E-state index in [9.17, 15) is 4.79 Å². The number of hydrogen-bond acceptors (Lipinski definition) is 2. The molecule has 2 rings (SSSR count). The largest absolute Gasteiger partial charge is 0.481 e. The molecule has 6 heteroatoms. The van der Waals surface area contributed by atoms with E-state index in [4.69, 9.17) is 39.5 Å². The average molecular weight is 345 g/mol. The van der Waals surface area contributed by atoms with Gasteiger partial charge in [0.05, 0.1) is 15.7 Å². The third-order valence-electron chi connectivity index (χ3n) is 2.69. The van der Waals surface area contributed by atoms with Gasteiger partial charge in [0.25, 0.3) is 5.91 Å². The predicted octanol–water partition coefficient (Wildman–Crippen LogP) is 5.05. The Morgan fingerprint density at radius 2 is 1.86 bits per heavy atom. The summed E-state index contributed by atoms with van der Waals surface area (Å²) in [7, 11) is 0. The Hall–Kier alpha value is -1.42. The van der Waals surface area contributed by atoms with Gasteiger partial charge in [-0.25, -0.2) is 0 Å². The number of carbonyl (C=O) groups is 1. The SMILES string of the molecule is CC(Oc1cccc(Cl)c1)C(=O)Nc1cccc(Cl)c1Cl. The first-order valence-electron chi connectivity index (χ1n) is 6.14. The monoisotopic (exact) mass is 343 g/mol. The molecule has 0 aliphatic heterocycles. The van der Waals surface area contributed by atoms with E-state index in [0.29, 0.717) is 26.5 Å². The highest BCUT2D eigenvalue weighted by molar-refractivity contribution is 6.44. The van der Waals surface area contributed by atoms with Gasteiger partial charge in [-0.05, 0) is 37.3 Å². The maximum atomic E-state index is 12.1. The minimum atomic E-state index is -0.710. The van der Waals surface area contributed by atoms with Crippen molar-refractivity contribution in [2.45, 2.75) is 13.0 Å². The third kappa shape index (κ3) is 4.27. The summed E-state index contributed by atoms with van der Waals surface area (Å²) in [6, 6.07) is 11.8. The molecule has 1 unspecified atom stereocenters. The Morgan fingerprint density at radius 1 is 1.14 bits per heavy atom. The number of benzene rings is 2. The van der Waals surface area contributed by atoms with Gasteiger partial charge in [0.1, 0.15) is 5.75 Å². The maximum absolute atomic E-state index is 12.1. The number of anilines is 1. The van der Waals surface area contributed by atoms with Crippen LogP contribution in [0.4, 0.5) is 5.69 Å². The molecule has 0 bridgehead atoms. The van der Waals surface area contributed by atoms with Crippen LogP contribution in [0.2, 0.25) is 15.1 Å². The van der Waals surface area contributed by atoms with Crippen molar-refractivity contribution < 1.29 is 9.53 Å². The molecule has 0 aliphatic carbocycles. The molecule has 3 nitrogen and oxygen atoms in total. The van der Waals surface area contributed by atoms with Crippen LogP contribution >= 0.6 is 34.8 Å². The molecule has 0 spiro atoms. The van der Waals surface area contributed by atoms with Gasteiger partial charge >= 0.3 is 0 Å². The molecule has 0 radical (unpaired) electrons. The first-order chi connectivity index (χ1) is 9.97. The maximum Gasteiger partial charge on any atom is 0.265 e. The fourth-order valence-electron chi connectivity index (χ4n) is 1.63. The summed E-state index contributed by atoms with van der Waals surface area (Å²) in [5, 5.41) is 3.88. The van der Waals surface area contributed by atoms with E-state index >= 15 is 0 Å². The van der Waals surface area contributed by atoms with Gasteiger partial charge in [-0.3, -0.25) is 4.79 Å². The number of hydrogen-bond donors (Lipinski definition) is 1. The lowest BCUT2D eigenvalue weighted by atomic mass is 10.3. The predicted molar refractivity (Wildman–Crippen MR) is 86.6 cm³/mol. The molecule has 1 amide bonds. The van der Waals surface area contributed by atoms with E-state index in [2.05, 4.69) is 5.32 Å². The molecular weight excluding hydrogens is 333 g/mol. The number of amides is 1. The Morgan fingerprint density at radius 3 is 2.57 bits per heavy atom. The third-order valence-corrected chi connectivity index (χ3v) is 3.74. The van der Waals surface area contributed by atoms with Gasteiger partial charge < -0.3 is 10.1 Å². The Labute approximate surface area is 137 Å². The smallest absolute Gasteiger partial charge is 0.265 e. The van der Waals surface area contributed by atoms with Crippen molar-refractivity contribution in [3.63, 3.8) is 0 Å². The molecule has 0 saturated carbocycles. The van der Waals surface area contributed by atoms with Gasteiger partial charge in [-0.1, -0.05) is 46.9 Å². The lowest BCUT2D eigenvalue weighted by molar-refractivity contribution is -0.122. The Bertz CT molecular complexity index is 661. The zero-order valence-corrected chi connectivity index (χ0v) is 13.3. The highest BCUT2D eigenvalue weighted by Crippen LogP contribution is 2.29. The number of halogens is 3. The molecule has 0 heterocycles. The molecule has 0 saturated heterocycles. The zero-order valence-electron chi connectivity index (χ0n) is 11.1. The van der Waals surface area contributed by atoms with E-state index in [1.54, 1.807) is 49.4 Å². The standard InChI is InChI=1S/C15H12Cl3NO2/c1-9(21-11-5-2-4-10(16)8-11)15(20)19-13-7-3-6-12(17)14(13)18/h2-9H,1H3,(H,19,20). The summed E-state index contributed by atoms with van der Waals surface area (Å²) >= 11 is 17.8. The highest BCUT2D eigenvalue weighted by Gasteiger charge is 2.16. The van der Waals surface area contributed by atoms with Crippen LogP contribution in [0, 0.1) is 0 Å². The Balaban J connectivity index is 2.04. The van der Waals surface area contributed by atoms with Crippen LogP contribution in [0.25, 0.3) is 0 Å². The summed E-state index contributed by atoms with van der Waals surface area (Å²) in [6.07, 6.45) is -0.710. The molecule has 1 atom stereocenters. The van der Waals surface area contributed by atoms with Crippen LogP contribution < -0.4 is 10.1 Å². The zero-order chi connectivity index (χ0) is 15.4. The minimum Gasteiger partial charge on any atom is -0.481 e. The Kier molecular flexibility index (Phi) is 5.34. The first kappa shape index (κ1) is 16.0. The van der Waals surface area contributed by atoms with Crippen molar-refractivity contribution in [2.24, 2.45) is 0 Å². The van der Waals surface area contributed by atoms with Crippen LogP contribution in [-0.2, 0) is 4.79 Å². The molecule has 0 aromatic heterocycles. The van der Waals surface area contributed by atoms with Crippen LogP contribution in [-0.4, -0.2) is 12.0 Å². The van der Waals surface area contributed by atoms with Crippen molar-refractivity contribution in [1.82, 2.24) is 0 Å². The van der Waals surface area contributed by atoms with Gasteiger partial charge in [0.2, 0.25) is 0 Å². The summed E-state index contributed by atoms with van der Waals surface area (Å²) in [4.78, 5) is 12.1. The molecule has 0 aliphatic rings. The fourth-order valence-corrected chi connectivity index (χ4v) is 2.16. The number of carbonyl (C=O) groups excluding carboxylic acids is 1. The average Bonchev–Trinajstić information content (AvgIpc) is 2.44. The lowest BCUT2D eigenvalue weighted by Gasteiger charge is -2.15. The molecule has 2 aromatic rings. The number of nitrogens with one attached hydrogen (secondary N) is 1. The summed E-state index contributed by atoms with van der Waals surface area (Å²) in [6.45, 7) is 1.63. The van der Waals surface area contributed by atoms with Crippen molar-refractivity contribution in [1.29, 1.82) is 0 Å². The highest BCUT2D eigenvalue weighted by atomic mass is 35.5. The second-order valence-electron chi connectivity index (χ2n) is 4.31. The lowest BCUT2D eigenvalue weighted by Crippen LogP contribution is -2.30. The van der Waals surface area contributed by atoms with Gasteiger partial charge in [-0.2, -0.15) is 0 Å². The van der Waals surface area contributed by atoms with Crippen molar-refractivity contribution >= 4 is 46.4 Å². The van der Waals surface area contributed by atoms with Crippen LogP contribution in [0.15, 0.2) is 42.5 Å². The van der Waals surface area contributed by atoms with Crippen molar-refractivity contribution in [2.75, 3.05) is 5.32 Å². The quantitative estimate of drug-likeness (QED) is 0.842. The molecule has 2 aromatic carbocycles. The first-order valence-corrected chi connectivity index (χ1v) is 7.28. The number of rotatable bonds is 4. The molecule has 110 valence electrons. The summed E-state index contributed by atoms with van der Waals surface area (Å²) < 4.78 is 5.53. The van der Waals surface area contributed by atoms with Crippen LogP contribution in [0.5, 0.6) is 5.75 Å². The van der Waals surface area contributed by atoms with E-state index < -0.39 is 6.10 Å². The summed E-state index contributed by atoms with van der Waals surface area (Å²) in [5.74, 6) is 0.182. The van der Waals surface area contributed by atoms with Crippen molar-refractivity contribution in [3.8, 4) is 5.75 Å². The fraction of sp³-hybridized carbons (Fsp3) is 0.133. The topological polar surface area (TPSA) is 38.3 Å². The normalized spacial score (nSPS) is 11.8. The number of ether oxygens (including phenoxy) is 1. The molecule has 21 heavy (non-hydrogen) atoms. The molecular formula is C15H12Cl3NO2.